The van der Waals surface area contributed by atoms with Crippen molar-refractivity contribution in [3.05, 3.63) is 40.2 Å². The predicted octanol–water partition coefficient (Wildman–Crippen LogP) is 0.539. The summed E-state index contributed by atoms with van der Waals surface area (Å²) in [6.45, 7) is 1.47. The zero-order chi connectivity index (χ0) is 17.7. The third-order valence-electron chi connectivity index (χ3n) is 3.76. The topological polar surface area (TPSA) is 100 Å². The van der Waals surface area contributed by atoms with E-state index in [1.807, 2.05) is 6.92 Å². The van der Waals surface area contributed by atoms with Crippen LogP contribution in [0.4, 0.5) is 0 Å². The Hall–Kier alpha value is -2.38. The Kier molecular flexibility index (Phi) is 5.94. The monoisotopic (exact) mass is 335 g/mol. The van der Waals surface area contributed by atoms with Crippen LogP contribution in [0.2, 0.25) is 0 Å². The van der Waals surface area contributed by atoms with Gasteiger partial charge in [-0.05, 0) is 24.6 Å². The summed E-state index contributed by atoms with van der Waals surface area (Å²) in [5.74, 6) is -0.247. The highest BCUT2D eigenvalue weighted by atomic mass is 16.5. The lowest BCUT2D eigenvalue weighted by atomic mass is 10.1. The van der Waals surface area contributed by atoms with Crippen molar-refractivity contribution in [2.45, 2.75) is 6.92 Å². The van der Waals surface area contributed by atoms with E-state index in [9.17, 15) is 9.59 Å². The standard InChI is InChI=1S/C17H21NO6/c1-11-5-17(22)24-15-6-13(3-4-14(11)15)23-10-16(21)18(2)7-12(8-19)9-20/h3-6,12,19-20H,7-10H2,1-2H3. The van der Waals surface area contributed by atoms with E-state index in [-0.39, 0.29) is 38.2 Å². The third-order valence-corrected chi connectivity index (χ3v) is 3.76. The first kappa shape index (κ1) is 18.0. The molecule has 7 heteroatoms. The predicted molar refractivity (Wildman–Crippen MR) is 88.0 cm³/mol. The number of benzene rings is 1. The molecule has 7 nitrogen and oxygen atoms in total. The quantitative estimate of drug-likeness (QED) is 0.716. The molecule has 1 aromatic heterocycles. The largest absolute Gasteiger partial charge is 0.484 e. The number of likely N-dealkylation sites (N-methyl/N-ethyl adjacent to an activating group) is 1. The molecule has 0 aliphatic heterocycles. The number of carbonyl (C=O) groups is 1. The van der Waals surface area contributed by atoms with Gasteiger partial charge in [0, 0.05) is 50.2 Å². The van der Waals surface area contributed by atoms with Crippen molar-refractivity contribution in [2.24, 2.45) is 5.92 Å². The van der Waals surface area contributed by atoms with Crippen LogP contribution in [-0.2, 0) is 4.79 Å². The second kappa shape index (κ2) is 7.94. The summed E-state index contributed by atoms with van der Waals surface area (Å²) < 4.78 is 10.6. The van der Waals surface area contributed by atoms with E-state index in [0.29, 0.717) is 11.3 Å². The normalized spacial score (nSPS) is 11.0. The maximum absolute atomic E-state index is 12.0. The van der Waals surface area contributed by atoms with Crippen LogP contribution >= 0.6 is 0 Å². The minimum Gasteiger partial charge on any atom is -0.484 e. The molecular formula is C17H21NO6. The zero-order valence-corrected chi connectivity index (χ0v) is 13.7. The molecule has 1 heterocycles. The van der Waals surface area contributed by atoms with Crippen molar-refractivity contribution >= 4 is 16.9 Å². The second-order valence-electron chi connectivity index (χ2n) is 5.70. The Morgan fingerprint density at radius 3 is 2.67 bits per heavy atom. The second-order valence-corrected chi connectivity index (χ2v) is 5.70. The highest BCUT2D eigenvalue weighted by molar-refractivity contribution is 5.81. The number of hydrogen-bond acceptors (Lipinski definition) is 6. The SMILES string of the molecule is Cc1cc(=O)oc2cc(OCC(=O)N(C)CC(CO)CO)ccc12. The van der Waals surface area contributed by atoms with Crippen molar-refractivity contribution in [1.29, 1.82) is 0 Å². The lowest BCUT2D eigenvalue weighted by Gasteiger charge is -2.21. The molecule has 24 heavy (non-hydrogen) atoms. The number of hydrogen-bond donors (Lipinski definition) is 2. The highest BCUT2D eigenvalue weighted by Gasteiger charge is 2.15. The van der Waals surface area contributed by atoms with Gasteiger partial charge in [-0.3, -0.25) is 4.79 Å². The average molecular weight is 335 g/mol. The fourth-order valence-electron chi connectivity index (χ4n) is 2.31. The van der Waals surface area contributed by atoms with E-state index >= 15 is 0 Å². The highest BCUT2D eigenvalue weighted by Crippen LogP contribution is 2.22. The number of aryl methyl sites for hydroxylation is 1. The van der Waals surface area contributed by atoms with Gasteiger partial charge in [-0.25, -0.2) is 4.79 Å². The Morgan fingerprint density at radius 2 is 2.00 bits per heavy atom. The summed E-state index contributed by atoms with van der Waals surface area (Å²) in [7, 11) is 1.58. The van der Waals surface area contributed by atoms with Gasteiger partial charge in [-0.1, -0.05) is 0 Å². The molecule has 1 amide bonds. The van der Waals surface area contributed by atoms with Gasteiger partial charge in [0.2, 0.25) is 0 Å². The van der Waals surface area contributed by atoms with Crippen LogP contribution < -0.4 is 10.4 Å². The summed E-state index contributed by atoms with van der Waals surface area (Å²) in [5.41, 5.74) is 0.772. The van der Waals surface area contributed by atoms with Crippen molar-refractivity contribution < 1.29 is 24.2 Å². The molecule has 1 aromatic carbocycles. The molecule has 0 unspecified atom stereocenters. The number of amides is 1. The van der Waals surface area contributed by atoms with E-state index in [0.717, 1.165) is 10.9 Å². The molecule has 0 radical (unpaired) electrons. The summed E-state index contributed by atoms with van der Waals surface area (Å²) in [6.07, 6.45) is 0. The Morgan fingerprint density at radius 1 is 1.29 bits per heavy atom. The van der Waals surface area contributed by atoms with E-state index in [4.69, 9.17) is 19.4 Å². The molecule has 0 bridgehead atoms. The van der Waals surface area contributed by atoms with Crippen molar-refractivity contribution in [3.8, 4) is 5.75 Å². The number of aliphatic hydroxyl groups is 2. The smallest absolute Gasteiger partial charge is 0.336 e. The number of nitrogens with zero attached hydrogens (tertiary/aromatic N) is 1. The van der Waals surface area contributed by atoms with E-state index in [1.165, 1.54) is 11.0 Å². The van der Waals surface area contributed by atoms with Crippen molar-refractivity contribution in [1.82, 2.24) is 4.90 Å². The van der Waals surface area contributed by atoms with Gasteiger partial charge in [0.25, 0.3) is 5.91 Å². The van der Waals surface area contributed by atoms with Crippen LogP contribution in [0.15, 0.2) is 33.5 Å². The van der Waals surface area contributed by atoms with Crippen LogP contribution in [0.5, 0.6) is 5.75 Å². The molecule has 0 saturated heterocycles. The maximum atomic E-state index is 12.0. The average Bonchev–Trinajstić information content (AvgIpc) is 2.56. The molecule has 0 atom stereocenters. The minimum atomic E-state index is -0.438. The molecule has 0 aliphatic carbocycles. The first-order chi connectivity index (χ1) is 11.4. The molecule has 2 aromatic rings. The van der Waals surface area contributed by atoms with Gasteiger partial charge < -0.3 is 24.3 Å². The first-order valence-corrected chi connectivity index (χ1v) is 7.57. The van der Waals surface area contributed by atoms with Crippen LogP contribution in [-0.4, -0.2) is 54.4 Å². The fraction of sp³-hybridized carbons (Fsp3) is 0.412. The van der Waals surface area contributed by atoms with Crippen molar-refractivity contribution in [2.75, 3.05) is 33.4 Å². The number of ether oxygens (including phenoxy) is 1. The van der Waals surface area contributed by atoms with Gasteiger partial charge in [0.15, 0.2) is 6.61 Å². The Labute approximate surface area is 139 Å². The van der Waals surface area contributed by atoms with Crippen LogP contribution in [0, 0.1) is 12.8 Å². The van der Waals surface area contributed by atoms with Gasteiger partial charge in [-0.15, -0.1) is 0 Å². The van der Waals surface area contributed by atoms with E-state index in [2.05, 4.69) is 0 Å². The summed E-state index contributed by atoms with van der Waals surface area (Å²) in [6, 6.07) is 6.46. The number of carbonyl (C=O) groups excluding carboxylic acids is 1. The van der Waals surface area contributed by atoms with E-state index in [1.54, 1.807) is 25.2 Å². The molecule has 0 aliphatic rings. The molecule has 0 fully saturated rings. The molecule has 2 N–H and O–H groups in total. The van der Waals surface area contributed by atoms with E-state index < -0.39 is 5.63 Å². The molecule has 0 saturated carbocycles. The first-order valence-electron chi connectivity index (χ1n) is 7.57. The summed E-state index contributed by atoms with van der Waals surface area (Å²) in [5, 5.41) is 18.9. The van der Waals surface area contributed by atoms with Gasteiger partial charge in [0.05, 0.1) is 0 Å². The fourth-order valence-corrected chi connectivity index (χ4v) is 2.31. The molecular weight excluding hydrogens is 314 g/mol. The van der Waals surface area contributed by atoms with Gasteiger partial charge >= 0.3 is 5.63 Å². The maximum Gasteiger partial charge on any atom is 0.336 e. The lowest BCUT2D eigenvalue weighted by molar-refractivity contribution is -0.132. The lowest BCUT2D eigenvalue weighted by Crippen LogP contribution is -2.37. The van der Waals surface area contributed by atoms with Crippen molar-refractivity contribution in [3.63, 3.8) is 0 Å². The number of fused-ring (bicyclic) bond motifs is 1. The molecule has 130 valence electrons. The Bertz CT molecular complexity index is 765. The third kappa shape index (κ3) is 4.33. The minimum absolute atomic E-state index is 0.193. The van der Waals surface area contributed by atoms with Gasteiger partial charge in [0.1, 0.15) is 11.3 Å². The summed E-state index contributed by atoms with van der Waals surface area (Å²) in [4.78, 5) is 24.8. The summed E-state index contributed by atoms with van der Waals surface area (Å²) >= 11 is 0. The van der Waals surface area contributed by atoms with Crippen LogP contribution in [0.1, 0.15) is 5.56 Å². The van der Waals surface area contributed by atoms with Gasteiger partial charge in [-0.2, -0.15) is 0 Å². The molecule has 0 spiro atoms. The van der Waals surface area contributed by atoms with Crippen LogP contribution in [0.3, 0.4) is 0 Å². The zero-order valence-electron chi connectivity index (χ0n) is 13.7. The van der Waals surface area contributed by atoms with Crippen LogP contribution in [0.25, 0.3) is 11.0 Å². The number of rotatable bonds is 7. The number of aliphatic hydroxyl groups excluding tert-OH is 2. The molecule has 2 rings (SSSR count). The Balaban J connectivity index is 2.02.